The maximum absolute atomic E-state index is 12.3. The number of guanidine groups is 1. The van der Waals surface area contributed by atoms with E-state index in [0.717, 1.165) is 51.3 Å². The normalized spacial score (nSPS) is 14.9. The third-order valence-corrected chi connectivity index (χ3v) is 4.71. The van der Waals surface area contributed by atoms with Gasteiger partial charge in [0.05, 0.1) is 12.9 Å². The molecule has 1 N–H and O–H groups in total. The van der Waals surface area contributed by atoms with Crippen LogP contribution < -0.4 is 5.32 Å². The van der Waals surface area contributed by atoms with E-state index in [1.54, 1.807) is 19.2 Å². The lowest BCUT2D eigenvalue weighted by atomic mass is 10.1. The molecule has 0 atom stereocenters. The maximum atomic E-state index is 12.3. The van der Waals surface area contributed by atoms with Crippen LogP contribution in [0.15, 0.2) is 27.8 Å². The van der Waals surface area contributed by atoms with Gasteiger partial charge in [0.25, 0.3) is 5.91 Å². The number of carbonyl (C=O) groups is 2. The molecule has 0 aliphatic carbocycles. The molecular formula is C20H32N4O4. The number of unbranched alkanes of at least 4 members (excludes halogenated alkanes) is 3. The lowest BCUT2D eigenvalue weighted by Crippen LogP contribution is -2.53. The average Bonchev–Trinajstić information content (AvgIpc) is 3.25. The van der Waals surface area contributed by atoms with Gasteiger partial charge in [0.2, 0.25) is 0 Å². The lowest BCUT2D eigenvalue weighted by molar-refractivity contribution is -0.143. The Balaban J connectivity index is 1.60. The molecule has 8 heteroatoms. The number of rotatable bonds is 9. The van der Waals surface area contributed by atoms with Crippen molar-refractivity contribution in [3.05, 3.63) is 24.2 Å². The summed E-state index contributed by atoms with van der Waals surface area (Å²) in [5.41, 5.74) is 0. The Morgan fingerprint density at radius 3 is 2.50 bits per heavy atom. The molecule has 1 amide bonds. The van der Waals surface area contributed by atoms with Crippen molar-refractivity contribution >= 4 is 17.8 Å². The molecule has 1 saturated heterocycles. The predicted molar refractivity (Wildman–Crippen MR) is 107 cm³/mol. The van der Waals surface area contributed by atoms with Gasteiger partial charge in [-0.2, -0.15) is 0 Å². The van der Waals surface area contributed by atoms with Gasteiger partial charge in [0, 0.05) is 46.2 Å². The van der Waals surface area contributed by atoms with Crippen LogP contribution in [0.2, 0.25) is 0 Å². The largest absolute Gasteiger partial charge is 0.466 e. The number of amides is 1. The molecule has 0 unspecified atom stereocenters. The first-order chi connectivity index (χ1) is 13.7. The van der Waals surface area contributed by atoms with Gasteiger partial charge in [-0.3, -0.25) is 14.6 Å². The average molecular weight is 393 g/mol. The number of piperazine rings is 1. The monoisotopic (exact) mass is 392 g/mol. The van der Waals surface area contributed by atoms with E-state index in [2.05, 4.69) is 15.2 Å². The zero-order valence-electron chi connectivity index (χ0n) is 17.0. The maximum Gasteiger partial charge on any atom is 0.305 e. The Bertz CT molecular complexity index is 622. The molecular weight excluding hydrogens is 360 g/mol. The van der Waals surface area contributed by atoms with Crippen LogP contribution in [0.5, 0.6) is 0 Å². The molecule has 1 aromatic heterocycles. The lowest BCUT2D eigenvalue weighted by Gasteiger charge is -2.36. The summed E-state index contributed by atoms with van der Waals surface area (Å²) in [5, 5.41) is 3.39. The van der Waals surface area contributed by atoms with Gasteiger partial charge in [-0.15, -0.1) is 0 Å². The highest BCUT2D eigenvalue weighted by Gasteiger charge is 2.24. The van der Waals surface area contributed by atoms with E-state index >= 15 is 0 Å². The minimum Gasteiger partial charge on any atom is -0.466 e. The van der Waals surface area contributed by atoms with Crippen LogP contribution in [0.1, 0.15) is 49.6 Å². The smallest absolute Gasteiger partial charge is 0.305 e. The molecule has 156 valence electrons. The number of hydrogen-bond acceptors (Lipinski definition) is 5. The number of ether oxygens (including phenoxy) is 1. The molecule has 28 heavy (non-hydrogen) atoms. The SMILES string of the molecule is CCOC(=O)CCCCCCNC(=NC)N1CCN(C(=O)c2ccco2)CC1. The van der Waals surface area contributed by atoms with Gasteiger partial charge < -0.3 is 24.3 Å². The summed E-state index contributed by atoms with van der Waals surface area (Å²) >= 11 is 0. The minimum atomic E-state index is -0.106. The van der Waals surface area contributed by atoms with Crippen LogP contribution >= 0.6 is 0 Å². The molecule has 0 saturated carbocycles. The van der Waals surface area contributed by atoms with Crippen LogP contribution in [-0.4, -0.2) is 74.0 Å². The Morgan fingerprint density at radius 2 is 1.86 bits per heavy atom. The number of hydrogen-bond donors (Lipinski definition) is 1. The molecule has 0 spiro atoms. The summed E-state index contributed by atoms with van der Waals surface area (Å²) < 4.78 is 10.1. The summed E-state index contributed by atoms with van der Waals surface area (Å²) in [4.78, 5) is 31.9. The quantitative estimate of drug-likeness (QED) is 0.300. The Kier molecular flexibility index (Phi) is 9.37. The highest BCUT2D eigenvalue weighted by atomic mass is 16.5. The van der Waals surface area contributed by atoms with E-state index in [-0.39, 0.29) is 11.9 Å². The van der Waals surface area contributed by atoms with Crippen molar-refractivity contribution in [2.24, 2.45) is 4.99 Å². The first-order valence-corrected chi connectivity index (χ1v) is 10.1. The van der Waals surface area contributed by atoms with Crippen molar-refractivity contribution in [2.75, 3.05) is 46.4 Å². The van der Waals surface area contributed by atoms with E-state index in [0.29, 0.717) is 31.9 Å². The van der Waals surface area contributed by atoms with Gasteiger partial charge in [-0.05, 0) is 31.9 Å². The molecule has 1 aliphatic heterocycles. The molecule has 0 aromatic carbocycles. The first-order valence-electron chi connectivity index (χ1n) is 10.1. The highest BCUT2D eigenvalue weighted by molar-refractivity contribution is 5.91. The van der Waals surface area contributed by atoms with Crippen molar-refractivity contribution < 1.29 is 18.7 Å². The third kappa shape index (κ3) is 6.90. The van der Waals surface area contributed by atoms with Gasteiger partial charge in [-0.25, -0.2) is 0 Å². The summed E-state index contributed by atoms with van der Waals surface area (Å²) in [6.07, 6.45) is 6.01. The van der Waals surface area contributed by atoms with Crippen LogP contribution in [-0.2, 0) is 9.53 Å². The molecule has 1 aliphatic rings. The second-order valence-electron chi connectivity index (χ2n) is 6.70. The van der Waals surface area contributed by atoms with Gasteiger partial charge in [-0.1, -0.05) is 12.8 Å². The Labute approximate surface area is 166 Å². The number of nitrogens with zero attached hydrogens (tertiary/aromatic N) is 3. The minimum absolute atomic E-state index is 0.0598. The van der Waals surface area contributed by atoms with Gasteiger partial charge in [0.15, 0.2) is 11.7 Å². The molecule has 0 bridgehead atoms. The zero-order valence-corrected chi connectivity index (χ0v) is 17.0. The fourth-order valence-electron chi connectivity index (χ4n) is 3.19. The second-order valence-corrected chi connectivity index (χ2v) is 6.70. The third-order valence-electron chi connectivity index (χ3n) is 4.71. The van der Waals surface area contributed by atoms with Crippen LogP contribution in [0.25, 0.3) is 0 Å². The highest BCUT2D eigenvalue weighted by Crippen LogP contribution is 2.10. The molecule has 0 radical (unpaired) electrons. The van der Waals surface area contributed by atoms with Crippen molar-refractivity contribution in [2.45, 2.75) is 39.0 Å². The van der Waals surface area contributed by atoms with Crippen molar-refractivity contribution in [3.63, 3.8) is 0 Å². The number of nitrogens with one attached hydrogen (secondary N) is 1. The first kappa shape index (κ1) is 21.8. The fraction of sp³-hybridized carbons (Fsp3) is 0.650. The number of esters is 1. The fourth-order valence-corrected chi connectivity index (χ4v) is 3.19. The van der Waals surface area contributed by atoms with Gasteiger partial charge >= 0.3 is 5.97 Å². The van der Waals surface area contributed by atoms with E-state index in [1.807, 2.05) is 11.8 Å². The number of furan rings is 1. The number of carbonyl (C=O) groups excluding carboxylic acids is 2. The van der Waals surface area contributed by atoms with Crippen molar-refractivity contribution in [1.82, 2.24) is 15.1 Å². The second kappa shape index (κ2) is 12.0. The molecule has 2 rings (SSSR count). The van der Waals surface area contributed by atoms with E-state index in [9.17, 15) is 9.59 Å². The Morgan fingerprint density at radius 1 is 1.14 bits per heavy atom. The zero-order chi connectivity index (χ0) is 20.2. The van der Waals surface area contributed by atoms with Crippen LogP contribution in [0, 0.1) is 0 Å². The topological polar surface area (TPSA) is 87.4 Å². The van der Waals surface area contributed by atoms with E-state index in [1.165, 1.54) is 6.26 Å². The van der Waals surface area contributed by atoms with Crippen LogP contribution in [0.4, 0.5) is 0 Å². The standard InChI is InChI=1S/C20H32N4O4/c1-3-27-18(25)10-6-4-5-7-11-22-20(21-2)24-14-12-23(13-15-24)19(26)17-9-8-16-28-17/h8-9,16H,3-7,10-15H2,1-2H3,(H,21,22). The molecule has 8 nitrogen and oxygen atoms in total. The summed E-state index contributed by atoms with van der Waals surface area (Å²) in [5.74, 6) is 1.09. The van der Waals surface area contributed by atoms with E-state index in [4.69, 9.17) is 9.15 Å². The van der Waals surface area contributed by atoms with Crippen molar-refractivity contribution in [1.29, 1.82) is 0 Å². The molecule has 1 aromatic rings. The molecule has 2 heterocycles. The summed E-state index contributed by atoms with van der Waals surface area (Å²) in [7, 11) is 1.78. The predicted octanol–water partition coefficient (Wildman–Crippen LogP) is 2.13. The van der Waals surface area contributed by atoms with E-state index < -0.39 is 0 Å². The summed E-state index contributed by atoms with van der Waals surface area (Å²) in [6, 6.07) is 3.42. The molecule has 1 fully saturated rings. The van der Waals surface area contributed by atoms with Gasteiger partial charge in [0.1, 0.15) is 0 Å². The van der Waals surface area contributed by atoms with Crippen molar-refractivity contribution in [3.8, 4) is 0 Å². The summed E-state index contributed by atoms with van der Waals surface area (Å²) in [6.45, 7) is 5.90. The van der Waals surface area contributed by atoms with Crippen LogP contribution in [0.3, 0.4) is 0 Å². The Hall–Kier alpha value is -2.51. The number of aliphatic imine (C=N–C) groups is 1.